The lowest BCUT2D eigenvalue weighted by Gasteiger charge is -2.16. The third-order valence-corrected chi connectivity index (χ3v) is 4.45. The van der Waals surface area contributed by atoms with Crippen LogP contribution in [-0.4, -0.2) is 21.8 Å². The molecule has 0 aliphatic rings. The van der Waals surface area contributed by atoms with Crippen molar-refractivity contribution in [1.29, 1.82) is 0 Å². The van der Waals surface area contributed by atoms with Crippen LogP contribution in [0.3, 0.4) is 0 Å². The van der Waals surface area contributed by atoms with Crippen LogP contribution in [0.1, 0.15) is 38.7 Å². The van der Waals surface area contributed by atoms with E-state index in [1.165, 1.54) is 6.92 Å². The van der Waals surface area contributed by atoms with Crippen LogP contribution in [0.4, 0.5) is 0 Å². The third kappa shape index (κ3) is 8.71. The lowest BCUT2D eigenvalue weighted by atomic mass is 10.0. The molecule has 0 radical (unpaired) electrons. The van der Waals surface area contributed by atoms with E-state index in [2.05, 4.69) is 12.4 Å². The second-order valence-corrected chi connectivity index (χ2v) is 6.89. The number of nitrogens with one attached hydrogen (secondary N) is 1. The van der Waals surface area contributed by atoms with Crippen molar-refractivity contribution in [3.05, 3.63) is 35.9 Å². The van der Waals surface area contributed by atoms with Gasteiger partial charge in [-0.15, -0.1) is 0 Å². The largest absolute Gasteiger partial charge is 0.372 e. The highest BCUT2D eigenvalue weighted by Crippen LogP contribution is 2.16. The number of unbranched alkanes of at least 4 members (excludes halogenated alkanes) is 1. The smallest absolute Gasteiger partial charge is 0.256 e. The average molecular weight is 354 g/mol. The Labute approximate surface area is 147 Å². The molecule has 0 bridgehead atoms. The molecular formula is C17H23NO3S2. The van der Waals surface area contributed by atoms with Gasteiger partial charge in [0.05, 0.1) is 5.92 Å². The summed E-state index contributed by atoms with van der Waals surface area (Å²) in [6.07, 6.45) is 3.15. The molecule has 4 nitrogen and oxygen atoms in total. The molecule has 0 aromatic heterocycles. The molecule has 0 unspecified atom stereocenters. The van der Waals surface area contributed by atoms with Crippen molar-refractivity contribution in [3.8, 4) is 0 Å². The summed E-state index contributed by atoms with van der Waals surface area (Å²) in [6, 6.07) is 9.71. The number of amides is 1. The highest BCUT2D eigenvalue weighted by Gasteiger charge is 2.21. The minimum atomic E-state index is -0.347. The quantitative estimate of drug-likeness (QED) is 0.570. The second kappa shape index (κ2) is 11.2. The van der Waals surface area contributed by atoms with E-state index in [1.807, 2.05) is 30.3 Å². The van der Waals surface area contributed by atoms with E-state index in [4.69, 9.17) is 17.1 Å². The summed E-state index contributed by atoms with van der Waals surface area (Å²) in [7, 11) is 0. The zero-order valence-electron chi connectivity index (χ0n) is 13.5. The summed E-state index contributed by atoms with van der Waals surface area (Å²) in [5, 5.41) is 0.383. The molecule has 1 rings (SSSR count). The molecule has 23 heavy (non-hydrogen) atoms. The van der Waals surface area contributed by atoms with E-state index in [9.17, 15) is 9.59 Å². The monoisotopic (exact) mass is 353 g/mol. The van der Waals surface area contributed by atoms with Crippen molar-refractivity contribution < 1.29 is 14.4 Å². The molecule has 1 aromatic rings. The van der Waals surface area contributed by atoms with Gasteiger partial charge in [-0.2, -0.15) is 5.48 Å². The van der Waals surface area contributed by atoms with Crippen LogP contribution < -0.4 is 5.48 Å². The Balaban J connectivity index is 2.57. The molecule has 1 N–H and O–H groups in total. The van der Waals surface area contributed by atoms with Crippen LogP contribution in [0.2, 0.25) is 0 Å². The fraction of sp³-hybridized carbons (Fsp3) is 0.471. The molecule has 0 aliphatic carbocycles. The van der Waals surface area contributed by atoms with E-state index in [1.54, 1.807) is 0 Å². The van der Waals surface area contributed by atoms with E-state index >= 15 is 0 Å². The van der Waals surface area contributed by atoms with Crippen molar-refractivity contribution in [2.45, 2.75) is 39.5 Å². The summed E-state index contributed by atoms with van der Waals surface area (Å²) in [5.41, 5.74) is 3.48. The summed E-state index contributed by atoms with van der Waals surface area (Å²) in [4.78, 5) is 28.7. The van der Waals surface area contributed by atoms with Crippen molar-refractivity contribution in [2.75, 3.05) is 5.75 Å². The van der Waals surface area contributed by atoms with Gasteiger partial charge in [-0.25, -0.2) is 0 Å². The lowest BCUT2D eigenvalue weighted by molar-refractivity contribution is -0.131. The maximum atomic E-state index is 12.3. The zero-order chi connectivity index (χ0) is 17.1. The number of hydrogen-bond donors (Lipinski definition) is 1. The van der Waals surface area contributed by atoms with Crippen molar-refractivity contribution in [2.24, 2.45) is 5.92 Å². The van der Waals surface area contributed by atoms with Gasteiger partial charge in [-0.1, -0.05) is 55.4 Å². The summed E-state index contributed by atoms with van der Waals surface area (Å²) in [5.74, 6) is -0.178. The first-order valence-electron chi connectivity index (χ1n) is 7.69. The van der Waals surface area contributed by atoms with Crippen LogP contribution in [0.5, 0.6) is 0 Å². The van der Waals surface area contributed by atoms with Crippen molar-refractivity contribution >= 4 is 40.1 Å². The fourth-order valence-corrected chi connectivity index (χ4v) is 2.80. The molecule has 126 valence electrons. The molecule has 1 amide bonds. The predicted octanol–water partition coefficient (Wildman–Crippen LogP) is 3.69. The van der Waals surface area contributed by atoms with Crippen LogP contribution in [-0.2, 0) is 20.8 Å². The number of carbonyl (C=O) groups is 2. The van der Waals surface area contributed by atoms with Crippen LogP contribution in [0.25, 0.3) is 0 Å². The van der Waals surface area contributed by atoms with E-state index in [0.29, 0.717) is 23.6 Å². The van der Waals surface area contributed by atoms with E-state index in [-0.39, 0.29) is 16.9 Å². The molecule has 6 heteroatoms. The Morgan fingerprint density at radius 3 is 2.61 bits per heavy atom. The highest BCUT2D eigenvalue weighted by molar-refractivity contribution is 8.13. The summed E-state index contributed by atoms with van der Waals surface area (Å²) >= 11 is 6.21. The Hall–Kier alpha value is -1.40. The first-order valence-corrected chi connectivity index (χ1v) is 9.09. The highest BCUT2D eigenvalue weighted by atomic mass is 32.2. The van der Waals surface area contributed by atoms with E-state index < -0.39 is 0 Å². The molecule has 1 aromatic carbocycles. The molecule has 0 spiro atoms. The SMILES string of the molecule is CCCCC(=S)ONC(=O)[C@@H](CSC(C)=O)Cc1ccccc1. The molecule has 0 saturated carbocycles. The third-order valence-electron chi connectivity index (χ3n) is 3.18. The molecular weight excluding hydrogens is 330 g/mol. The van der Waals surface area contributed by atoms with Gasteiger partial charge in [0.15, 0.2) is 10.2 Å². The topological polar surface area (TPSA) is 55.4 Å². The van der Waals surface area contributed by atoms with Gasteiger partial charge in [0.25, 0.3) is 5.91 Å². The fourth-order valence-electron chi connectivity index (χ4n) is 1.91. The number of carbonyl (C=O) groups excluding carboxylic acids is 2. The Morgan fingerprint density at radius 2 is 2.00 bits per heavy atom. The zero-order valence-corrected chi connectivity index (χ0v) is 15.2. The minimum absolute atomic E-state index is 0.00440. The number of thioether (sulfide) groups is 1. The Bertz CT molecular complexity index is 520. The number of rotatable bonds is 8. The van der Waals surface area contributed by atoms with Crippen molar-refractivity contribution in [1.82, 2.24) is 5.48 Å². The van der Waals surface area contributed by atoms with Gasteiger partial charge in [0.1, 0.15) is 0 Å². The number of thiocarbonyl (C=S) groups is 1. The first-order chi connectivity index (χ1) is 11.0. The van der Waals surface area contributed by atoms with Gasteiger partial charge in [0.2, 0.25) is 0 Å². The average Bonchev–Trinajstić information content (AvgIpc) is 2.55. The van der Waals surface area contributed by atoms with E-state index in [0.717, 1.165) is 30.2 Å². The molecule has 0 heterocycles. The number of hydrogen-bond acceptors (Lipinski definition) is 5. The van der Waals surface area contributed by atoms with Crippen LogP contribution >= 0.6 is 24.0 Å². The van der Waals surface area contributed by atoms with Crippen molar-refractivity contribution in [3.63, 3.8) is 0 Å². The maximum Gasteiger partial charge on any atom is 0.256 e. The van der Waals surface area contributed by atoms with Crippen LogP contribution in [0, 0.1) is 5.92 Å². The predicted molar refractivity (Wildman–Crippen MR) is 98.1 cm³/mol. The number of benzene rings is 1. The van der Waals surface area contributed by atoms with Gasteiger partial charge in [0, 0.05) is 19.1 Å². The normalized spacial score (nSPS) is 11.6. The van der Waals surface area contributed by atoms with Gasteiger partial charge in [-0.3, -0.25) is 9.59 Å². The minimum Gasteiger partial charge on any atom is -0.372 e. The molecule has 1 atom stereocenters. The van der Waals surface area contributed by atoms with Gasteiger partial charge in [-0.05, 0) is 30.6 Å². The van der Waals surface area contributed by atoms with Gasteiger partial charge >= 0.3 is 0 Å². The second-order valence-electron chi connectivity index (χ2n) is 5.23. The Morgan fingerprint density at radius 1 is 1.30 bits per heavy atom. The lowest BCUT2D eigenvalue weighted by Crippen LogP contribution is -2.35. The first kappa shape index (κ1) is 19.6. The maximum absolute atomic E-state index is 12.3. The molecule has 0 fully saturated rings. The van der Waals surface area contributed by atoms with Gasteiger partial charge < -0.3 is 4.84 Å². The molecule has 0 aliphatic heterocycles. The Kier molecular flexibility index (Phi) is 9.55. The van der Waals surface area contributed by atoms with Crippen LogP contribution in [0.15, 0.2) is 30.3 Å². The summed E-state index contributed by atoms with van der Waals surface area (Å²) < 4.78 is 0. The number of hydroxylamine groups is 1. The molecule has 0 saturated heterocycles. The summed E-state index contributed by atoms with van der Waals surface area (Å²) in [6.45, 7) is 3.56. The standard InChI is InChI=1S/C17H23NO3S2/c1-3-4-10-16(22)21-18-17(20)15(12-23-13(2)19)11-14-8-6-5-7-9-14/h5-9,15H,3-4,10-12H2,1-2H3,(H,18,20)/t15-/m1/s1.